The number of nitrogens with two attached hydrogens (primary N) is 1. The maximum atomic E-state index is 11.7. The lowest BCUT2D eigenvalue weighted by atomic mass is 10.2. The number of anilines is 2. The van der Waals surface area contributed by atoms with Gasteiger partial charge in [0.05, 0.1) is 23.4 Å². The SMILES string of the molecule is COC(=O)c1c(NCCS(C)(=O)=O)sc(C(C)=O)c1N. The molecule has 0 aliphatic heterocycles. The molecule has 0 spiro atoms. The van der Waals surface area contributed by atoms with E-state index in [4.69, 9.17) is 5.73 Å². The number of thiophene rings is 1. The molecule has 0 saturated carbocycles. The van der Waals surface area contributed by atoms with E-state index < -0.39 is 15.8 Å². The average Bonchev–Trinajstić information content (AvgIpc) is 2.64. The van der Waals surface area contributed by atoms with E-state index in [-0.39, 0.29) is 34.2 Å². The largest absolute Gasteiger partial charge is 0.465 e. The normalized spacial score (nSPS) is 11.2. The van der Waals surface area contributed by atoms with Gasteiger partial charge >= 0.3 is 5.97 Å². The van der Waals surface area contributed by atoms with Crippen molar-refractivity contribution in [2.45, 2.75) is 6.92 Å². The Kier molecular flexibility index (Phi) is 5.12. The molecule has 3 N–H and O–H groups in total. The van der Waals surface area contributed by atoms with Crippen LogP contribution in [0.1, 0.15) is 27.0 Å². The molecule has 0 fully saturated rings. The van der Waals surface area contributed by atoms with E-state index >= 15 is 0 Å². The number of methoxy groups -OCH3 is 1. The highest BCUT2D eigenvalue weighted by Gasteiger charge is 2.24. The first-order valence-electron chi connectivity index (χ1n) is 5.60. The Hall–Kier alpha value is -1.61. The number of nitrogen functional groups attached to an aromatic ring is 1. The number of Topliss-reactive ketones (excluding diaryl/α,β-unsaturated/α-hetero) is 1. The first-order valence-corrected chi connectivity index (χ1v) is 8.48. The Labute approximate surface area is 121 Å². The number of carbonyl (C=O) groups excluding carboxylic acids is 2. The zero-order valence-corrected chi connectivity index (χ0v) is 13.0. The Balaban J connectivity index is 3.08. The monoisotopic (exact) mass is 320 g/mol. The standard InChI is InChI=1S/C11H16N2O5S2/c1-6(14)9-8(12)7(11(15)18-2)10(19-9)13-4-5-20(3,16)17/h13H,4-5,12H2,1-3H3. The highest BCUT2D eigenvalue weighted by atomic mass is 32.2. The Morgan fingerprint density at radius 3 is 2.45 bits per heavy atom. The quantitative estimate of drug-likeness (QED) is 0.587. The van der Waals surface area contributed by atoms with Crippen molar-refractivity contribution in [1.82, 2.24) is 0 Å². The van der Waals surface area contributed by atoms with Crippen LogP contribution in [0.4, 0.5) is 10.7 Å². The van der Waals surface area contributed by atoms with Crippen LogP contribution in [0.15, 0.2) is 0 Å². The predicted octanol–water partition coefficient (Wildman–Crippen LogP) is 0.776. The molecule has 0 amide bonds. The van der Waals surface area contributed by atoms with E-state index in [0.29, 0.717) is 5.00 Å². The van der Waals surface area contributed by atoms with Gasteiger partial charge in [0, 0.05) is 19.7 Å². The summed E-state index contributed by atoms with van der Waals surface area (Å²) in [6.45, 7) is 1.45. The molecule has 112 valence electrons. The summed E-state index contributed by atoms with van der Waals surface area (Å²) in [6, 6.07) is 0. The molecule has 1 aromatic rings. The Morgan fingerprint density at radius 2 is 2.00 bits per heavy atom. The van der Waals surface area contributed by atoms with Crippen LogP contribution in [0.5, 0.6) is 0 Å². The maximum absolute atomic E-state index is 11.7. The number of rotatable bonds is 6. The van der Waals surface area contributed by atoms with Crippen molar-refractivity contribution in [1.29, 1.82) is 0 Å². The number of sulfone groups is 1. The number of nitrogens with one attached hydrogen (secondary N) is 1. The first kappa shape index (κ1) is 16.4. The second-order valence-corrected chi connectivity index (χ2v) is 7.43. The fourth-order valence-electron chi connectivity index (χ4n) is 1.48. The fourth-order valence-corrected chi connectivity index (χ4v) is 2.99. The van der Waals surface area contributed by atoms with E-state index in [1.807, 2.05) is 0 Å². The van der Waals surface area contributed by atoms with Gasteiger partial charge in [-0.2, -0.15) is 0 Å². The summed E-state index contributed by atoms with van der Waals surface area (Å²) in [5, 5.41) is 3.14. The van der Waals surface area contributed by atoms with Crippen LogP contribution >= 0.6 is 11.3 Å². The van der Waals surface area contributed by atoms with Crippen LogP contribution in [0.2, 0.25) is 0 Å². The van der Waals surface area contributed by atoms with E-state index in [1.54, 1.807) is 0 Å². The zero-order valence-electron chi connectivity index (χ0n) is 11.3. The lowest BCUT2D eigenvalue weighted by molar-refractivity contribution is 0.0603. The molecule has 0 unspecified atom stereocenters. The van der Waals surface area contributed by atoms with Gasteiger partial charge in [0.25, 0.3) is 0 Å². The zero-order chi connectivity index (χ0) is 15.5. The van der Waals surface area contributed by atoms with Gasteiger partial charge < -0.3 is 15.8 Å². The van der Waals surface area contributed by atoms with E-state index in [0.717, 1.165) is 17.6 Å². The smallest absolute Gasteiger partial charge is 0.343 e. The van der Waals surface area contributed by atoms with Gasteiger partial charge in [0.15, 0.2) is 5.78 Å². The number of hydrogen-bond donors (Lipinski definition) is 2. The molecule has 0 aromatic carbocycles. The summed E-state index contributed by atoms with van der Waals surface area (Å²) in [4.78, 5) is 23.4. The van der Waals surface area contributed by atoms with Gasteiger partial charge in [-0.15, -0.1) is 11.3 Å². The van der Waals surface area contributed by atoms with E-state index in [2.05, 4.69) is 10.1 Å². The van der Waals surface area contributed by atoms with E-state index in [1.165, 1.54) is 14.0 Å². The summed E-state index contributed by atoms with van der Waals surface area (Å²) in [5.74, 6) is -1.04. The predicted molar refractivity (Wildman–Crippen MR) is 78.3 cm³/mol. The topological polar surface area (TPSA) is 116 Å². The molecule has 7 nitrogen and oxygen atoms in total. The Bertz CT molecular complexity index is 633. The Morgan fingerprint density at radius 1 is 1.40 bits per heavy atom. The molecular formula is C11H16N2O5S2. The fraction of sp³-hybridized carbons (Fsp3) is 0.455. The minimum absolute atomic E-state index is 0.0520. The molecule has 0 bridgehead atoms. The highest BCUT2D eigenvalue weighted by molar-refractivity contribution is 7.90. The van der Waals surface area contributed by atoms with Crippen molar-refractivity contribution < 1.29 is 22.7 Å². The second-order valence-electron chi connectivity index (χ2n) is 4.15. The number of carbonyl (C=O) groups is 2. The molecular weight excluding hydrogens is 304 g/mol. The average molecular weight is 320 g/mol. The van der Waals surface area contributed by atoms with Crippen LogP contribution in [0.25, 0.3) is 0 Å². The second kappa shape index (κ2) is 6.23. The molecule has 0 aliphatic rings. The molecule has 20 heavy (non-hydrogen) atoms. The lowest BCUT2D eigenvalue weighted by Gasteiger charge is -2.05. The molecule has 0 atom stereocenters. The molecule has 0 aliphatic carbocycles. The molecule has 1 rings (SSSR count). The van der Waals surface area contributed by atoms with Crippen LogP contribution in [-0.4, -0.2) is 45.8 Å². The van der Waals surface area contributed by atoms with Crippen molar-refractivity contribution in [3.05, 3.63) is 10.4 Å². The summed E-state index contributed by atoms with van der Waals surface area (Å²) in [6.07, 6.45) is 1.11. The lowest BCUT2D eigenvalue weighted by Crippen LogP contribution is -2.15. The van der Waals surface area contributed by atoms with Crippen molar-refractivity contribution in [3.8, 4) is 0 Å². The molecule has 1 aromatic heterocycles. The third kappa shape index (κ3) is 3.94. The molecule has 1 heterocycles. The summed E-state index contributed by atoms with van der Waals surface area (Å²) >= 11 is 1.01. The summed E-state index contributed by atoms with van der Waals surface area (Å²) in [7, 11) is -1.92. The number of hydrogen-bond acceptors (Lipinski definition) is 8. The number of esters is 1. The number of ether oxygens (including phenoxy) is 1. The summed E-state index contributed by atoms with van der Waals surface area (Å²) < 4.78 is 26.8. The van der Waals surface area contributed by atoms with E-state index in [9.17, 15) is 18.0 Å². The van der Waals surface area contributed by atoms with Crippen LogP contribution in [-0.2, 0) is 14.6 Å². The van der Waals surface area contributed by atoms with Crippen LogP contribution in [0.3, 0.4) is 0 Å². The molecule has 0 saturated heterocycles. The van der Waals surface area contributed by atoms with Crippen LogP contribution < -0.4 is 11.1 Å². The third-order valence-electron chi connectivity index (χ3n) is 2.41. The van der Waals surface area contributed by atoms with Gasteiger partial charge in [-0.1, -0.05) is 0 Å². The highest BCUT2D eigenvalue weighted by Crippen LogP contribution is 2.36. The molecule has 0 radical (unpaired) electrons. The minimum atomic E-state index is -3.12. The van der Waals surface area contributed by atoms with Gasteiger partial charge in [-0.25, -0.2) is 13.2 Å². The van der Waals surface area contributed by atoms with Gasteiger partial charge in [0.2, 0.25) is 0 Å². The minimum Gasteiger partial charge on any atom is -0.465 e. The van der Waals surface area contributed by atoms with Gasteiger partial charge in [0.1, 0.15) is 20.4 Å². The first-order chi connectivity index (χ1) is 9.17. The van der Waals surface area contributed by atoms with Gasteiger partial charge in [-0.05, 0) is 0 Å². The van der Waals surface area contributed by atoms with Crippen molar-refractivity contribution in [3.63, 3.8) is 0 Å². The van der Waals surface area contributed by atoms with Gasteiger partial charge in [-0.3, -0.25) is 4.79 Å². The van der Waals surface area contributed by atoms with Crippen molar-refractivity contribution in [2.75, 3.05) is 36.7 Å². The molecule has 9 heteroatoms. The summed E-state index contributed by atoms with van der Waals surface area (Å²) in [5.41, 5.74) is 5.89. The van der Waals surface area contributed by atoms with Crippen LogP contribution in [0, 0.1) is 0 Å². The number of ketones is 1. The maximum Gasteiger partial charge on any atom is 0.343 e. The van der Waals surface area contributed by atoms with Crippen molar-refractivity contribution >= 4 is 43.6 Å². The van der Waals surface area contributed by atoms with Crippen molar-refractivity contribution in [2.24, 2.45) is 0 Å². The third-order valence-corrected chi connectivity index (χ3v) is 4.62.